The van der Waals surface area contributed by atoms with Gasteiger partial charge in [-0.3, -0.25) is 14.6 Å². The number of amides is 2. The van der Waals surface area contributed by atoms with E-state index in [4.69, 9.17) is 4.99 Å². The van der Waals surface area contributed by atoms with Gasteiger partial charge in [0.15, 0.2) is 0 Å². The van der Waals surface area contributed by atoms with Gasteiger partial charge in [0.1, 0.15) is 6.54 Å². The predicted octanol–water partition coefficient (Wildman–Crippen LogP) is 3.87. The van der Waals surface area contributed by atoms with Gasteiger partial charge in [-0.1, -0.05) is 18.2 Å². The molecule has 6 heteroatoms. The van der Waals surface area contributed by atoms with E-state index in [0.717, 1.165) is 60.6 Å². The number of aryl methyl sites for hydroxylation is 2. The molecule has 0 unspecified atom stereocenters. The SMILES string of the molecule is Cc1cc2c(cc1C)N(CC(=O)N1CCN(c3ccccc3)CC1)C(=O)[C@H]1CCCC1=N2. The Morgan fingerprint density at radius 3 is 2.50 bits per heavy atom. The van der Waals surface area contributed by atoms with Crippen LogP contribution in [0.15, 0.2) is 47.5 Å². The Labute approximate surface area is 189 Å². The van der Waals surface area contributed by atoms with Crippen LogP contribution in [0.2, 0.25) is 0 Å². The minimum Gasteiger partial charge on any atom is -0.368 e. The molecular formula is C26H30N4O2. The third-order valence-corrected chi connectivity index (χ3v) is 7.08. The van der Waals surface area contributed by atoms with Crippen molar-refractivity contribution in [2.45, 2.75) is 33.1 Å². The van der Waals surface area contributed by atoms with Crippen molar-refractivity contribution in [3.8, 4) is 0 Å². The molecule has 1 saturated heterocycles. The quantitative estimate of drug-likeness (QED) is 0.743. The molecule has 1 saturated carbocycles. The van der Waals surface area contributed by atoms with E-state index in [0.29, 0.717) is 13.1 Å². The molecule has 32 heavy (non-hydrogen) atoms. The van der Waals surface area contributed by atoms with Crippen molar-refractivity contribution in [1.29, 1.82) is 0 Å². The maximum Gasteiger partial charge on any atom is 0.242 e. The highest BCUT2D eigenvalue weighted by atomic mass is 16.2. The van der Waals surface area contributed by atoms with Crippen LogP contribution in [0.25, 0.3) is 0 Å². The van der Waals surface area contributed by atoms with Crippen LogP contribution in [0.3, 0.4) is 0 Å². The Kier molecular flexibility index (Phi) is 5.45. The van der Waals surface area contributed by atoms with Gasteiger partial charge in [0.05, 0.1) is 17.3 Å². The van der Waals surface area contributed by atoms with Crippen molar-refractivity contribution in [3.05, 3.63) is 53.6 Å². The Balaban J connectivity index is 1.35. The molecular weight excluding hydrogens is 400 g/mol. The average molecular weight is 431 g/mol. The Hall–Kier alpha value is -3.15. The second kappa shape index (κ2) is 8.41. The molecule has 2 fully saturated rings. The van der Waals surface area contributed by atoms with Gasteiger partial charge in [0, 0.05) is 37.6 Å². The number of benzene rings is 2. The largest absolute Gasteiger partial charge is 0.368 e. The van der Waals surface area contributed by atoms with Gasteiger partial charge >= 0.3 is 0 Å². The highest BCUT2D eigenvalue weighted by Crippen LogP contribution is 2.39. The van der Waals surface area contributed by atoms with E-state index in [1.807, 2.05) is 36.1 Å². The van der Waals surface area contributed by atoms with Crippen molar-refractivity contribution < 1.29 is 9.59 Å². The van der Waals surface area contributed by atoms with Crippen LogP contribution >= 0.6 is 0 Å². The lowest BCUT2D eigenvalue weighted by molar-refractivity contribution is -0.132. The highest BCUT2D eigenvalue weighted by molar-refractivity contribution is 6.16. The minimum atomic E-state index is -0.189. The number of hydrogen-bond acceptors (Lipinski definition) is 4. The summed E-state index contributed by atoms with van der Waals surface area (Å²) >= 11 is 0. The smallest absolute Gasteiger partial charge is 0.242 e. The van der Waals surface area contributed by atoms with E-state index in [2.05, 4.69) is 30.0 Å². The number of para-hydroxylation sites is 1. The van der Waals surface area contributed by atoms with Crippen molar-refractivity contribution >= 4 is 34.6 Å². The molecule has 2 aromatic rings. The van der Waals surface area contributed by atoms with Crippen molar-refractivity contribution in [2.24, 2.45) is 10.9 Å². The molecule has 2 aromatic carbocycles. The lowest BCUT2D eigenvalue weighted by atomic mass is 10.0. The van der Waals surface area contributed by atoms with Crippen molar-refractivity contribution in [2.75, 3.05) is 42.5 Å². The Bertz CT molecular complexity index is 1070. The number of anilines is 2. The lowest BCUT2D eigenvalue weighted by Gasteiger charge is -2.37. The molecule has 3 aliphatic rings. The number of rotatable bonds is 3. The third-order valence-electron chi connectivity index (χ3n) is 7.08. The second-order valence-corrected chi connectivity index (χ2v) is 9.10. The van der Waals surface area contributed by atoms with Crippen LogP contribution in [-0.4, -0.2) is 55.1 Å². The van der Waals surface area contributed by atoms with Crippen LogP contribution in [0.5, 0.6) is 0 Å². The highest BCUT2D eigenvalue weighted by Gasteiger charge is 2.38. The van der Waals surface area contributed by atoms with E-state index in [-0.39, 0.29) is 24.3 Å². The molecule has 2 amide bonds. The standard InChI is InChI=1S/C26H30N4O2/c1-18-15-23-24(16-19(18)2)30(26(32)21-9-6-10-22(21)27-23)17-25(31)29-13-11-28(12-14-29)20-7-4-3-5-8-20/h3-5,7-8,15-16,21H,6,9-14,17H2,1-2H3/t21-/m0/s1. The molecule has 2 aliphatic heterocycles. The molecule has 0 N–H and O–H groups in total. The summed E-state index contributed by atoms with van der Waals surface area (Å²) in [4.78, 5) is 37.6. The monoisotopic (exact) mass is 430 g/mol. The van der Waals surface area contributed by atoms with Gasteiger partial charge in [-0.05, 0) is 68.5 Å². The van der Waals surface area contributed by atoms with Crippen LogP contribution in [-0.2, 0) is 9.59 Å². The summed E-state index contributed by atoms with van der Waals surface area (Å²) in [7, 11) is 0. The van der Waals surface area contributed by atoms with Gasteiger partial charge in [0.25, 0.3) is 0 Å². The molecule has 2 heterocycles. The number of carbonyl (C=O) groups is 2. The van der Waals surface area contributed by atoms with Gasteiger partial charge in [-0.2, -0.15) is 0 Å². The van der Waals surface area contributed by atoms with Gasteiger partial charge < -0.3 is 14.7 Å². The first kappa shape index (κ1) is 20.7. The molecule has 0 bridgehead atoms. The zero-order chi connectivity index (χ0) is 22.2. The molecule has 0 radical (unpaired) electrons. The molecule has 6 nitrogen and oxygen atoms in total. The van der Waals surface area contributed by atoms with Crippen molar-refractivity contribution in [3.63, 3.8) is 0 Å². The normalized spacial score (nSPS) is 20.6. The van der Waals surface area contributed by atoms with Gasteiger partial charge in [-0.25, -0.2) is 0 Å². The second-order valence-electron chi connectivity index (χ2n) is 9.10. The molecule has 5 rings (SSSR count). The Morgan fingerprint density at radius 1 is 1.03 bits per heavy atom. The predicted molar refractivity (Wildman–Crippen MR) is 128 cm³/mol. The minimum absolute atomic E-state index is 0.0108. The molecule has 1 aliphatic carbocycles. The molecule has 0 spiro atoms. The first-order chi connectivity index (χ1) is 15.5. The van der Waals surface area contributed by atoms with Crippen LogP contribution in [0, 0.1) is 19.8 Å². The first-order valence-corrected chi connectivity index (χ1v) is 11.6. The van der Waals surface area contributed by atoms with Gasteiger partial charge in [0.2, 0.25) is 11.8 Å². The fourth-order valence-electron chi connectivity index (χ4n) is 5.03. The van der Waals surface area contributed by atoms with Crippen molar-refractivity contribution in [1.82, 2.24) is 4.90 Å². The topological polar surface area (TPSA) is 56.2 Å². The summed E-state index contributed by atoms with van der Waals surface area (Å²) in [5.74, 6) is -0.151. The summed E-state index contributed by atoms with van der Waals surface area (Å²) < 4.78 is 0. The fraction of sp³-hybridized carbons (Fsp3) is 0.423. The molecule has 0 aromatic heterocycles. The van der Waals surface area contributed by atoms with E-state index in [1.165, 1.54) is 5.69 Å². The van der Waals surface area contributed by atoms with Crippen LogP contribution in [0.4, 0.5) is 17.1 Å². The van der Waals surface area contributed by atoms with E-state index >= 15 is 0 Å². The van der Waals surface area contributed by atoms with E-state index < -0.39 is 0 Å². The summed E-state index contributed by atoms with van der Waals surface area (Å²) in [6.07, 6.45) is 2.68. The van der Waals surface area contributed by atoms with E-state index in [1.54, 1.807) is 4.90 Å². The van der Waals surface area contributed by atoms with Gasteiger partial charge in [-0.15, -0.1) is 0 Å². The number of fused-ring (bicyclic) bond motifs is 2. The van der Waals surface area contributed by atoms with Crippen LogP contribution < -0.4 is 9.80 Å². The summed E-state index contributed by atoms with van der Waals surface area (Å²) in [5.41, 5.74) is 6.02. The van der Waals surface area contributed by atoms with E-state index in [9.17, 15) is 9.59 Å². The first-order valence-electron chi connectivity index (χ1n) is 11.6. The molecule has 1 atom stereocenters. The zero-order valence-corrected chi connectivity index (χ0v) is 18.9. The maximum atomic E-state index is 13.5. The summed E-state index contributed by atoms with van der Waals surface area (Å²) in [6, 6.07) is 14.4. The fourth-order valence-corrected chi connectivity index (χ4v) is 5.03. The molecule has 166 valence electrons. The maximum absolute atomic E-state index is 13.5. The zero-order valence-electron chi connectivity index (χ0n) is 18.9. The third kappa shape index (κ3) is 3.78. The number of aliphatic imine (C=N–C) groups is 1. The lowest BCUT2D eigenvalue weighted by Crippen LogP contribution is -2.52. The summed E-state index contributed by atoms with van der Waals surface area (Å²) in [6.45, 7) is 7.13. The number of hydrogen-bond donors (Lipinski definition) is 0. The number of nitrogens with zero attached hydrogens (tertiary/aromatic N) is 4. The summed E-state index contributed by atoms with van der Waals surface area (Å²) in [5, 5.41) is 0. The number of carbonyl (C=O) groups excluding carboxylic acids is 2. The average Bonchev–Trinajstić information content (AvgIpc) is 3.25. The van der Waals surface area contributed by atoms with Crippen LogP contribution in [0.1, 0.15) is 30.4 Å². The number of piperazine rings is 1. The Morgan fingerprint density at radius 2 is 1.75 bits per heavy atom.